The van der Waals surface area contributed by atoms with Crippen molar-refractivity contribution >= 4 is 28.8 Å². The van der Waals surface area contributed by atoms with Crippen molar-refractivity contribution < 1.29 is 4.74 Å². The molecule has 0 bridgehead atoms. The predicted molar refractivity (Wildman–Crippen MR) is 60.7 cm³/mol. The van der Waals surface area contributed by atoms with Crippen LogP contribution in [0.1, 0.15) is 11.6 Å². The Kier molecular flexibility index (Phi) is 3.01. The molecular weight excluding hydrogens is 218 g/mol. The number of nitrogens with one attached hydrogen (secondary N) is 1. The number of rotatable bonds is 1. The number of halogens is 1. The van der Waals surface area contributed by atoms with E-state index >= 15 is 0 Å². The molecule has 1 aliphatic rings. The van der Waals surface area contributed by atoms with E-state index in [1.54, 1.807) is 0 Å². The maximum absolute atomic E-state index is 5.80. The molecule has 1 saturated heterocycles. The first-order valence-electron chi connectivity index (χ1n) is 4.38. The zero-order chi connectivity index (χ0) is 9.97. The topological polar surface area (TPSA) is 21.3 Å². The van der Waals surface area contributed by atoms with Crippen molar-refractivity contribution in [2.75, 3.05) is 13.2 Å². The lowest BCUT2D eigenvalue weighted by molar-refractivity contribution is 0.131. The van der Waals surface area contributed by atoms with E-state index in [0.29, 0.717) is 13.2 Å². The molecule has 1 unspecified atom stereocenters. The minimum absolute atomic E-state index is 0.161. The molecule has 1 fully saturated rings. The van der Waals surface area contributed by atoms with E-state index in [4.69, 9.17) is 28.6 Å². The maximum atomic E-state index is 5.80. The van der Waals surface area contributed by atoms with Gasteiger partial charge in [0.05, 0.1) is 19.3 Å². The molecular formula is C10H10ClNOS. The van der Waals surface area contributed by atoms with Crippen LogP contribution in [0.5, 0.6) is 0 Å². The van der Waals surface area contributed by atoms with Crippen LogP contribution in [0.2, 0.25) is 5.02 Å². The van der Waals surface area contributed by atoms with E-state index in [1.807, 2.05) is 24.3 Å². The van der Waals surface area contributed by atoms with E-state index in [1.165, 1.54) is 0 Å². The fourth-order valence-electron chi connectivity index (χ4n) is 1.42. The largest absolute Gasteiger partial charge is 0.372 e. The fraction of sp³-hybridized carbons (Fsp3) is 0.300. The molecule has 1 aliphatic heterocycles. The predicted octanol–water partition coefficient (Wildman–Crippen LogP) is 2.33. The Morgan fingerprint density at radius 1 is 1.36 bits per heavy atom. The number of benzene rings is 1. The van der Waals surface area contributed by atoms with Crippen molar-refractivity contribution in [3.8, 4) is 0 Å². The third-order valence-electron chi connectivity index (χ3n) is 2.13. The Bertz CT molecular complexity index is 338. The van der Waals surface area contributed by atoms with Crippen LogP contribution < -0.4 is 5.32 Å². The smallest absolute Gasteiger partial charge is 0.102 e. The van der Waals surface area contributed by atoms with E-state index < -0.39 is 0 Å². The molecule has 2 rings (SSSR count). The molecule has 1 N–H and O–H groups in total. The highest BCUT2D eigenvalue weighted by Gasteiger charge is 2.17. The van der Waals surface area contributed by atoms with Crippen molar-refractivity contribution in [1.82, 2.24) is 5.32 Å². The standard InChI is InChI=1S/C10H10ClNOS/c11-8-3-1-7(2-4-8)9-5-13-6-10(14)12-9/h1-4,9H,5-6H2,(H,12,14). The Morgan fingerprint density at radius 3 is 2.71 bits per heavy atom. The van der Waals surface area contributed by atoms with Crippen molar-refractivity contribution in [2.24, 2.45) is 0 Å². The van der Waals surface area contributed by atoms with Gasteiger partial charge in [-0.3, -0.25) is 0 Å². The molecule has 0 saturated carbocycles. The van der Waals surface area contributed by atoms with Crippen LogP contribution in [0.25, 0.3) is 0 Å². The molecule has 14 heavy (non-hydrogen) atoms. The zero-order valence-electron chi connectivity index (χ0n) is 7.50. The SMILES string of the molecule is S=C1COCC(c2ccc(Cl)cc2)N1. The number of hydrogen-bond acceptors (Lipinski definition) is 2. The summed E-state index contributed by atoms with van der Waals surface area (Å²) in [6, 6.07) is 7.87. The van der Waals surface area contributed by atoms with Crippen LogP contribution in [-0.2, 0) is 4.74 Å². The van der Waals surface area contributed by atoms with Crippen molar-refractivity contribution in [3.05, 3.63) is 34.9 Å². The summed E-state index contributed by atoms with van der Waals surface area (Å²) >= 11 is 10.8. The average Bonchev–Trinajstić information content (AvgIpc) is 2.19. The quantitative estimate of drug-likeness (QED) is 0.745. The summed E-state index contributed by atoms with van der Waals surface area (Å²) < 4.78 is 5.34. The molecule has 74 valence electrons. The highest BCUT2D eigenvalue weighted by molar-refractivity contribution is 7.80. The molecule has 0 aliphatic carbocycles. The average molecular weight is 228 g/mol. The van der Waals surface area contributed by atoms with Crippen molar-refractivity contribution in [2.45, 2.75) is 6.04 Å². The molecule has 1 atom stereocenters. The zero-order valence-corrected chi connectivity index (χ0v) is 9.07. The highest BCUT2D eigenvalue weighted by Crippen LogP contribution is 2.18. The number of hydrogen-bond donors (Lipinski definition) is 1. The van der Waals surface area contributed by atoms with Crippen LogP contribution in [0.3, 0.4) is 0 Å². The van der Waals surface area contributed by atoms with Crippen LogP contribution in [0.15, 0.2) is 24.3 Å². The van der Waals surface area contributed by atoms with E-state index in [2.05, 4.69) is 5.32 Å². The minimum atomic E-state index is 0.161. The van der Waals surface area contributed by atoms with Crippen molar-refractivity contribution in [3.63, 3.8) is 0 Å². The first-order valence-corrected chi connectivity index (χ1v) is 5.17. The van der Waals surface area contributed by atoms with Gasteiger partial charge in [0.1, 0.15) is 4.99 Å². The molecule has 0 spiro atoms. The van der Waals surface area contributed by atoms with Gasteiger partial charge in [-0.05, 0) is 17.7 Å². The fourth-order valence-corrected chi connectivity index (χ4v) is 1.77. The van der Waals surface area contributed by atoms with Gasteiger partial charge in [0, 0.05) is 5.02 Å². The molecule has 2 nitrogen and oxygen atoms in total. The van der Waals surface area contributed by atoms with Crippen LogP contribution in [0, 0.1) is 0 Å². The van der Waals surface area contributed by atoms with E-state index in [9.17, 15) is 0 Å². The Hall–Kier alpha value is -0.640. The summed E-state index contributed by atoms with van der Waals surface area (Å²) in [5.41, 5.74) is 1.15. The summed E-state index contributed by atoms with van der Waals surface area (Å²) in [5, 5.41) is 3.96. The maximum Gasteiger partial charge on any atom is 0.102 e. The molecule has 1 heterocycles. The number of ether oxygens (including phenoxy) is 1. The number of thiocarbonyl (C=S) groups is 1. The monoisotopic (exact) mass is 227 g/mol. The molecule has 0 aromatic heterocycles. The summed E-state index contributed by atoms with van der Waals surface area (Å²) in [6.45, 7) is 1.18. The second kappa shape index (κ2) is 4.26. The Balaban J connectivity index is 2.14. The lowest BCUT2D eigenvalue weighted by Crippen LogP contribution is -2.38. The van der Waals surface area contributed by atoms with Gasteiger partial charge in [-0.15, -0.1) is 0 Å². The van der Waals surface area contributed by atoms with Crippen molar-refractivity contribution in [1.29, 1.82) is 0 Å². The molecule has 0 amide bonds. The second-order valence-electron chi connectivity index (χ2n) is 3.19. The Labute approximate surface area is 93.2 Å². The molecule has 4 heteroatoms. The molecule has 1 aromatic rings. The van der Waals surface area contributed by atoms with Crippen LogP contribution in [-0.4, -0.2) is 18.2 Å². The van der Waals surface area contributed by atoms with Gasteiger partial charge in [-0.1, -0.05) is 36.0 Å². The minimum Gasteiger partial charge on any atom is -0.372 e. The lowest BCUT2D eigenvalue weighted by Gasteiger charge is -2.25. The van der Waals surface area contributed by atoms with Gasteiger partial charge in [0.15, 0.2) is 0 Å². The normalized spacial score (nSPS) is 21.8. The first-order chi connectivity index (χ1) is 6.75. The first kappa shape index (κ1) is 9.90. The second-order valence-corrected chi connectivity index (χ2v) is 4.12. The summed E-state index contributed by atoms with van der Waals surface area (Å²) in [6.07, 6.45) is 0. The number of morpholine rings is 1. The van der Waals surface area contributed by atoms with Gasteiger partial charge >= 0.3 is 0 Å². The van der Waals surface area contributed by atoms with Gasteiger partial charge in [0.25, 0.3) is 0 Å². The third kappa shape index (κ3) is 2.23. The van der Waals surface area contributed by atoms with E-state index in [0.717, 1.165) is 15.6 Å². The highest BCUT2D eigenvalue weighted by atomic mass is 35.5. The van der Waals surface area contributed by atoms with Crippen LogP contribution >= 0.6 is 23.8 Å². The summed E-state index contributed by atoms with van der Waals surface area (Å²) in [7, 11) is 0. The third-order valence-corrected chi connectivity index (χ3v) is 2.61. The van der Waals surface area contributed by atoms with Gasteiger partial charge in [0.2, 0.25) is 0 Å². The summed E-state index contributed by atoms with van der Waals surface area (Å²) in [5.74, 6) is 0. The van der Waals surface area contributed by atoms with Gasteiger partial charge in [-0.25, -0.2) is 0 Å². The van der Waals surface area contributed by atoms with Crippen LogP contribution in [0.4, 0.5) is 0 Å². The van der Waals surface area contributed by atoms with E-state index in [-0.39, 0.29) is 6.04 Å². The summed E-state index contributed by atoms with van der Waals surface area (Å²) in [4.78, 5) is 0.760. The lowest BCUT2D eigenvalue weighted by atomic mass is 10.1. The molecule has 0 radical (unpaired) electrons. The molecule has 1 aromatic carbocycles. The Morgan fingerprint density at radius 2 is 2.07 bits per heavy atom. The van der Waals surface area contributed by atoms with Gasteiger partial charge in [-0.2, -0.15) is 0 Å². The van der Waals surface area contributed by atoms with Gasteiger partial charge < -0.3 is 10.1 Å².